The van der Waals surface area contributed by atoms with Crippen molar-refractivity contribution in [1.82, 2.24) is 15.1 Å². The molecule has 2 aromatic rings. The minimum absolute atomic E-state index is 0.00568. The molecule has 1 atom stereocenters. The molecule has 2 aliphatic heterocycles. The fraction of sp³-hybridized carbons (Fsp3) is 0.423. The topological polar surface area (TPSA) is 85.0 Å². The van der Waals surface area contributed by atoms with Gasteiger partial charge in [0.25, 0.3) is 5.91 Å². The summed E-state index contributed by atoms with van der Waals surface area (Å²) < 4.78 is 0. The van der Waals surface area contributed by atoms with Crippen molar-refractivity contribution in [1.29, 1.82) is 0 Å². The van der Waals surface area contributed by atoms with Gasteiger partial charge in [0, 0.05) is 24.8 Å². The van der Waals surface area contributed by atoms with Gasteiger partial charge in [0.05, 0.1) is 22.4 Å². The molecule has 8 nitrogen and oxygen atoms in total. The van der Waals surface area contributed by atoms with Gasteiger partial charge in [-0.15, -0.1) is 0 Å². The maximum Gasteiger partial charge on any atom is 0.321 e. The number of para-hydroxylation sites is 1. The molecule has 2 heterocycles. The Morgan fingerprint density at radius 2 is 1.75 bits per heavy atom. The zero-order valence-corrected chi connectivity index (χ0v) is 22.0. The van der Waals surface area contributed by atoms with Crippen LogP contribution in [-0.4, -0.2) is 65.5 Å². The van der Waals surface area contributed by atoms with Crippen molar-refractivity contribution >= 4 is 52.4 Å². The molecule has 0 aromatic heterocycles. The van der Waals surface area contributed by atoms with Crippen molar-refractivity contribution in [3.8, 4) is 0 Å². The van der Waals surface area contributed by atoms with E-state index >= 15 is 0 Å². The number of nitrogens with zero attached hydrogens (tertiary/aromatic N) is 3. The number of benzene rings is 2. The van der Waals surface area contributed by atoms with Crippen molar-refractivity contribution in [3.05, 3.63) is 58.6 Å². The number of nitrogens with one attached hydrogen (secondary N) is 2. The number of amides is 4. The Bertz CT molecular complexity index is 1120. The Morgan fingerprint density at radius 3 is 2.42 bits per heavy atom. The molecule has 36 heavy (non-hydrogen) atoms. The number of hydrogen-bond acceptors (Lipinski definition) is 4. The average molecular weight is 532 g/mol. The number of carbonyl (C=O) groups excluding carboxylic acids is 3. The Labute approximate surface area is 221 Å². The summed E-state index contributed by atoms with van der Waals surface area (Å²) in [4.78, 5) is 44.7. The molecule has 4 rings (SSSR count). The number of urea groups is 1. The molecule has 2 fully saturated rings. The number of hydrogen-bond donors (Lipinski definition) is 2. The van der Waals surface area contributed by atoms with Crippen LogP contribution in [0.4, 0.5) is 16.2 Å². The molecular formula is C26H31Cl2N5O3. The summed E-state index contributed by atoms with van der Waals surface area (Å²) in [5, 5.41) is 6.41. The van der Waals surface area contributed by atoms with Gasteiger partial charge in [-0.2, -0.15) is 0 Å². The Morgan fingerprint density at radius 1 is 1.06 bits per heavy atom. The molecule has 2 aromatic carbocycles. The van der Waals surface area contributed by atoms with Crippen molar-refractivity contribution in [3.63, 3.8) is 0 Å². The Balaban J connectivity index is 1.50. The van der Waals surface area contributed by atoms with Crippen LogP contribution in [0.2, 0.25) is 10.0 Å². The zero-order valence-electron chi connectivity index (χ0n) is 20.5. The van der Waals surface area contributed by atoms with Crippen molar-refractivity contribution in [2.75, 3.05) is 36.5 Å². The third kappa shape index (κ3) is 5.25. The normalized spacial score (nSPS) is 17.9. The molecular weight excluding hydrogens is 501 g/mol. The van der Waals surface area contributed by atoms with Crippen LogP contribution in [-0.2, 0) is 9.59 Å². The van der Waals surface area contributed by atoms with E-state index in [0.717, 1.165) is 12.1 Å². The van der Waals surface area contributed by atoms with E-state index in [4.69, 9.17) is 23.2 Å². The summed E-state index contributed by atoms with van der Waals surface area (Å²) in [6, 6.07) is 14.6. The van der Waals surface area contributed by atoms with Crippen LogP contribution in [0.5, 0.6) is 0 Å². The fourth-order valence-electron chi connectivity index (χ4n) is 4.79. The molecule has 4 amide bonds. The number of rotatable bonds is 6. The summed E-state index contributed by atoms with van der Waals surface area (Å²) in [6.45, 7) is 5.03. The lowest BCUT2D eigenvalue weighted by molar-refractivity contribution is -0.137. The first-order valence-electron chi connectivity index (χ1n) is 12.2. The highest BCUT2D eigenvalue weighted by Gasteiger charge is 2.54. The first-order valence-corrected chi connectivity index (χ1v) is 12.9. The lowest BCUT2D eigenvalue weighted by atomic mass is 9.85. The largest absolute Gasteiger partial charge is 0.352 e. The maximum atomic E-state index is 13.8. The zero-order chi connectivity index (χ0) is 25.9. The van der Waals surface area contributed by atoms with Crippen molar-refractivity contribution in [2.24, 2.45) is 0 Å². The monoisotopic (exact) mass is 531 g/mol. The Kier molecular flexibility index (Phi) is 7.95. The molecule has 10 heteroatoms. The Hall–Kier alpha value is -2.97. The van der Waals surface area contributed by atoms with Crippen LogP contribution in [0, 0.1) is 0 Å². The number of likely N-dealkylation sites (tertiary alicyclic amines) is 1. The molecule has 0 radical (unpaired) electrons. The molecule has 2 N–H and O–H groups in total. The standard InChI is InChI=1S/C26H31Cl2N5O3/c1-3-18(2)29-22(34)16-32-17-33(19-8-5-4-6-9-19)26(24(32)35)12-14-31(15-13-26)25(36)30-21-11-7-10-20(27)23(21)28/h4-11,18H,3,12-17H2,1-2H3,(H,29,34)(H,30,36). The molecule has 2 saturated heterocycles. The van der Waals surface area contributed by atoms with Gasteiger partial charge in [0.2, 0.25) is 5.91 Å². The van der Waals surface area contributed by atoms with E-state index in [-0.39, 0.29) is 35.5 Å². The molecule has 2 aliphatic rings. The second-order valence-corrected chi connectivity index (χ2v) is 10.1. The predicted octanol–water partition coefficient (Wildman–Crippen LogP) is 4.58. The van der Waals surface area contributed by atoms with Crippen molar-refractivity contribution in [2.45, 2.75) is 44.7 Å². The van der Waals surface area contributed by atoms with Crippen LogP contribution in [0.15, 0.2) is 48.5 Å². The number of piperidine rings is 1. The number of carbonyl (C=O) groups is 3. The molecule has 1 unspecified atom stereocenters. The van der Waals surface area contributed by atoms with Gasteiger partial charge < -0.3 is 25.3 Å². The maximum absolute atomic E-state index is 13.8. The van der Waals surface area contributed by atoms with Gasteiger partial charge in [0.1, 0.15) is 12.1 Å². The molecule has 0 bridgehead atoms. The van der Waals surface area contributed by atoms with Crippen LogP contribution in [0.25, 0.3) is 0 Å². The van der Waals surface area contributed by atoms with Crippen molar-refractivity contribution < 1.29 is 14.4 Å². The SMILES string of the molecule is CCC(C)NC(=O)CN1CN(c2ccccc2)C2(CCN(C(=O)Nc3cccc(Cl)c3Cl)CC2)C1=O. The third-order valence-corrected chi connectivity index (χ3v) is 7.83. The highest BCUT2D eigenvalue weighted by molar-refractivity contribution is 6.43. The summed E-state index contributed by atoms with van der Waals surface area (Å²) in [6.07, 6.45) is 1.71. The smallest absolute Gasteiger partial charge is 0.321 e. The molecule has 1 spiro atoms. The summed E-state index contributed by atoms with van der Waals surface area (Å²) in [5.74, 6) is -0.249. The van der Waals surface area contributed by atoms with Crippen LogP contribution in [0.1, 0.15) is 33.1 Å². The van der Waals surface area contributed by atoms with E-state index in [1.165, 1.54) is 0 Å². The first-order chi connectivity index (χ1) is 17.2. The van der Waals surface area contributed by atoms with Gasteiger partial charge in [-0.1, -0.05) is 54.4 Å². The highest BCUT2D eigenvalue weighted by atomic mass is 35.5. The third-order valence-electron chi connectivity index (χ3n) is 7.01. The summed E-state index contributed by atoms with van der Waals surface area (Å²) in [7, 11) is 0. The second kappa shape index (κ2) is 11.0. The highest BCUT2D eigenvalue weighted by Crippen LogP contribution is 2.39. The lowest BCUT2D eigenvalue weighted by Gasteiger charge is -2.43. The first kappa shape index (κ1) is 26.1. The predicted molar refractivity (Wildman–Crippen MR) is 142 cm³/mol. The molecule has 192 valence electrons. The molecule has 0 saturated carbocycles. The average Bonchev–Trinajstić information content (AvgIpc) is 3.13. The number of halogens is 2. The number of anilines is 2. The minimum atomic E-state index is -0.817. The van der Waals surface area contributed by atoms with E-state index in [1.807, 2.05) is 44.2 Å². The van der Waals surface area contributed by atoms with Crippen LogP contribution >= 0.6 is 23.2 Å². The van der Waals surface area contributed by atoms with Gasteiger partial charge in [-0.25, -0.2) is 4.79 Å². The lowest BCUT2D eigenvalue weighted by Crippen LogP contribution is -2.58. The van der Waals surface area contributed by atoms with Gasteiger partial charge in [0.15, 0.2) is 0 Å². The summed E-state index contributed by atoms with van der Waals surface area (Å²) >= 11 is 12.3. The minimum Gasteiger partial charge on any atom is -0.352 e. The summed E-state index contributed by atoms with van der Waals surface area (Å²) in [5.41, 5.74) is 0.540. The van der Waals surface area contributed by atoms with Crippen LogP contribution in [0.3, 0.4) is 0 Å². The van der Waals surface area contributed by atoms with E-state index in [1.54, 1.807) is 28.0 Å². The second-order valence-electron chi connectivity index (χ2n) is 9.34. The quantitative estimate of drug-likeness (QED) is 0.571. The van der Waals surface area contributed by atoms with E-state index in [0.29, 0.717) is 43.3 Å². The van der Waals surface area contributed by atoms with E-state index in [2.05, 4.69) is 15.5 Å². The van der Waals surface area contributed by atoms with Gasteiger partial charge in [-0.05, 0) is 50.5 Å². The van der Waals surface area contributed by atoms with E-state index in [9.17, 15) is 14.4 Å². The van der Waals surface area contributed by atoms with Gasteiger partial charge in [-0.3, -0.25) is 9.59 Å². The van der Waals surface area contributed by atoms with E-state index < -0.39 is 5.54 Å². The van der Waals surface area contributed by atoms with Crippen LogP contribution < -0.4 is 15.5 Å². The van der Waals surface area contributed by atoms with Gasteiger partial charge >= 0.3 is 6.03 Å². The fourth-order valence-corrected chi connectivity index (χ4v) is 5.14. The molecule has 0 aliphatic carbocycles.